The van der Waals surface area contributed by atoms with Crippen LogP contribution >= 0.6 is 0 Å². The molecule has 1 aliphatic heterocycles. The van der Waals surface area contributed by atoms with Gasteiger partial charge in [-0.25, -0.2) is 0 Å². The Hall–Kier alpha value is -2.95. The van der Waals surface area contributed by atoms with E-state index in [1.165, 1.54) is 0 Å². The third-order valence-electron chi connectivity index (χ3n) is 4.53. The van der Waals surface area contributed by atoms with E-state index in [1.54, 1.807) is 13.3 Å². The molecule has 2 heterocycles. The van der Waals surface area contributed by atoms with Crippen molar-refractivity contribution in [3.05, 3.63) is 47.7 Å². The maximum Gasteiger partial charge on any atom is 0.174 e. The molecular formula is C20H19NO4. The Kier molecular flexibility index (Phi) is 3.84. The van der Waals surface area contributed by atoms with Gasteiger partial charge < -0.3 is 18.7 Å². The van der Waals surface area contributed by atoms with Gasteiger partial charge in [-0.2, -0.15) is 0 Å². The maximum atomic E-state index is 5.68. The quantitative estimate of drug-likeness (QED) is 0.709. The minimum Gasteiger partial charge on any atom is -0.496 e. The lowest BCUT2D eigenvalue weighted by molar-refractivity contribution is 0.171. The van der Waals surface area contributed by atoms with Crippen molar-refractivity contribution in [2.45, 2.75) is 13.8 Å². The third-order valence-corrected chi connectivity index (χ3v) is 4.53. The molecule has 25 heavy (non-hydrogen) atoms. The topological polar surface area (TPSA) is 53.7 Å². The Bertz CT molecular complexity index is 929. The number of hydrogen-bond acceptors (Lipinski definition) is 5. The molecule has 0 atom stereocenters. The van der Waals surface area contributed by atoms with Crippen LogP contribution in [0.1, 0.15) is 11.1 Å². The minimum absolute atomic E-state index is 0.557. The molecule has 0 spiro atoms. The van der Waals surface area contributed by atoms with Crippen LogP contribution in [-0.2, 0) is 0 Å². The second-order valence-corrected chi connectivity index (χ2v) is 6.05. The fourth-order valence-electron chi connectivity index (χ4n) is 3.03. The van der Waals surface area contributed by atoms with E-state index >= 15 is 0 Å². The molecular weight excluding hydrogens is 318 g/mol. The lowest BCUT2D eigenvalue weighted by atomic mass is 9.98. The summed E-state index contributed by atoms with van der Waals surface area (Å²) < 4.78 is 22.3. The molecule has 0 aliphatic carbocycles. The van der Waals surface area contributed by atoms with Crippen LogP contribution in [0.4, 0.5) is 0 Å². The summed E-state index contributed by atoms with van der Waals surface area (Å²) >= 11 is 0. The molecule has 4 rings (SSSR count). The van der Waals surface area contributed by atoms with E-state index in [2.05, 4.69) is 18.1 Å². The van der Waals surface area contributed by atoms with Gasteiger partial charge in [0.2, 0.25) is 0 Å². The number of methoxy groups -OCH3 is 1. The summed E-state index contributed by atoms with van der Waals surface area (Å²) in [6.07, 6.45) is 1.72. The molecule has 3 aromatic rings. The van der Waals surface area contributed by atoms with Crippen LogP contribution in [0.2, 0.25) is 0 Å². The van der Waals surface area contributed by atoms with Gasteiger partial charge in [-0.15, -0.1) is 0 Å². The van der Waals surface area contributed by atoms with Crippen molar-refractivity contribution in [1.29, 1.82) is 0 Å². The number of fused-ring (bicyclic) bond motifs is 1. The second-order valence-electron chi connectivity index (χ2n) is 6.05. The number of benzene rings is 2. The molecule has 2 aromatic carbocycles. The van der Waals surface area contributed by atoms with Crippen molar-refractivity contribution < 1.29 is 18.7 Å². The molecule has 0 unspecified atom stereocenters. The number of rotatable bonds is 3. The predicted octanol–water partition coefficient (Wildman–Crippen LogP) is 4.41. The zero-order chi connectivity index (χ0) is 17.4. The van der Waals surface area contributed by atoms with Gasteiger partial charge in [0.05, 0.1) is 13.3 Å². The van der Waals surface area contributed by atoms with Crippen LogP contribution in [0, 0.1) is 13.8 Å². The van der Waals surface area contributed by atoms with Crippen LogP contribution in [0.15, 0.2) is 41.1 Å². The van der Waals surface area contributed by atoms with E-state index in [-0.39, 0.29) is 0 Å². The fraction of sp³-hybridized carbons (Fsp3) is 0.250. The summed E-state index contributed by atoms with van der Waals surface area (Å²) in [5, 5.41) is 4.01. The molecule has 5 heteroatoms. The van der Waals surface area contributed by atoms with Crippen LogP contribution in [0.5, 0.6) is 17.2 Å². The molecule has 1 aliphatic rings. The van der Waals surface area contributed by atoms with Crippen molar-refractivity contribution in [3.8, 4) is 39.7 Å². The number of ether oxygens (including phenoxy) is 3. The van der Waals surface area contributed by atoms with E-state index in [9.17, 15) is 0 Å². The number of aromatic nitrogens is 1. The van der Waals surface area contributed by atoms with E-state index in [0.29, 0.717) is 19.0 Å². The maximum absolute atomic E-state index is 5.68. The van der Waals surface area contributed by atoms with Gasteiger partial charge in [-0.05, 0) is 54.8 Å². The Morgan fingerprint density at radius 2 is 1.76 bits per heavy atom. The number of hydrogen-bond donors (Lipinski definition) is 0. The van der Waals surface area contributed by atoms with E-state index < -0.39 is 0 Å². The van der Waals surface area contributed by atoms with Crippen molar-refractivity contribution in [2.24, 2.45) is 0 Å². The first-order chi connectivity index (χ1) is 12.2. The predicted molar refractivity (Wildman–Crippen MR) is 94.4 cm³/mol. The van der Waals surface area contributed by atoms with Crippen molar-refractivity contribution >= 4 is 0 Å². The normalized spacial score (nSPS) is 12.9. The summed E-state index contributed by atoms with van der Waals surface area (Å²) in [7, 11) is 1.67. The summed E-state index contributed by atoms with van der Waals surface area (Å²) in [4.78, 5) is 0. The van der Waals surface area contributed by atoms with Gasteiger partial charge in [0.1, 0.15) is 19.0 Å². The monoisotopic (exact) mass is 337 g/mol. The lowest BCUT2D eigenvalue weighted by Gasteiger charge is -2.18. The first-order valence-electron chi connectivity index (χ1n) is 8.17. The SMILES string of the molecule is COc1cc(-c2oncc2-c2ccc3c(c2)OCCO3)cc(C)c1C. The lowest BCUT2D eigenvalue weighted by Crippen LogP contribution is -2.15. The van der Waals surface area contributed by atoms with Gasteiger partial charge in [0.25, 0.3) is 0 Å². The summed E-state index contributed by atoms with van der Waals surface area (Å²) in [5.74, 6) is 3.05. The first kappa shape index (κ1) is 15.6. The van der Waals surface area contributed by atoms with Crippen LogP contribution in [0.25, 0.3) is 22.5 Å². The van der Waals surface area contributed by atoms with Gasteiger partial charge >= 0.3 is 0 Å². The molecule has 0 N–H and O–H groups in total. The van der Waals surface area contributed by atoms with Crippen LogP contribution in [-0.4, -0.2) is 25.5 Å². The smallest absolute Gasteiger partial charge is 0.174 e. The average molecular weight is 337 g/mol. The van der Waals surface area contributed by atoms with Crippen LogP contribution in [0.3, 0.4) is 0 Å². The largest absolute Gasteiger partial charge is 0.496 e. The van der Waals surface area contributed by atoms with E-state index in [0.717, 1.165) is 45.1 Å². The first-order valence-corrected chi connectivity index (χ1v) is 8.17. The second kappa shape index (κ2) is 6.16. The molecule has 128 valence electrons. The number of nitrogens with zero attached hydrogens (tertiary/aromatic N) is 1. The minimum atomic E-state index is 0.557. The van der Waals surface area contributed by atoms with Gasteiger partial charge in [0, 0.05) is 11.1 Å². The van der Waals surface area contributed by atoms with Crippen molar-refractivity contribution in [2.75, 3.05) is 20.3 Å². The summed E-state index contributed by atoms with van der Waals surface area (Å²) in [5.41, 5.74) is 5.06. The van der Waals surface area contributed by atoms with Crippen molar-refractivity contribution in [1.82, 2.24) is 5.16 Å². The highest BCUT2D eigenvalue weighted by Gasteiger charge is 2.18. The zero-order valence-corrected chi connectivity index (χ0v) is 14.5. The molecule has 0 bridgehead atoms. The van der Waals surface area contributed by atoms with Gasteiger partial charge in [0.15, 0.2) is 17.3 Å². The summed E-state index contributed by atoms with van der Waals surface area (Å²) in [6, 6.07) is 9.93. The highest BCUT2D eigenvalue weighted by molar-refractivity contribution is 5.81. The highest BCUT2D eigenvalue weighted by atomic mass is 16.6. The van der Waals surface area contributed by atoms with Gasteiger partial charge in [-0.1, -0.05) is 11.2 Å². The Morgan fingerprint density at radius 3 is 2.56 bits per heavy atom. The standard InChI is InChI=1S/C20H19NO4/c1-12-8-15(10-18(22-3)13(12)2)20-16(11-21-25-20)14-4-5-17-19(9-14)24-7-6-23-17/h4-5,8-11H,6-7H2,1-3H3. The fourth-order valence-corrected chi connectivity index (χ4v) is 3.03. The highest BCUT2D eigenvalue weighted by Crippen LogP contribution is 2.39. The molecule has 0 radical (unpaired) electrons. The molecule has 0 saturated carbocycles. The van der Waals surface area contributed by atoms with E-state index in [4.69, 9.17) is 18.7 Å². The zero-order valence-electron chi connectivity index (χ0n) is 14.5. The van der Waals surface area contributed by atoms with Crippen LogP contribution < -0.4 is 14.2 Å². The Morgan fingerprint density at radius 1 is 0.960 bits per heavy atom. The molecule has 0 fully saturated rings. The Labute approximate surface area is 146 Å². The van der Waals surface area contributed by atoms with Gasteiger partial charge in [-0.3, -0.25) is 0 Å². The summed E-state index contributed by atoms with van der Waals surface area (Å²) in [6.45, 7) is 5.23. The average Bonchev–Trinajstić information content (AvgIpc) is 3.13. The number of aryl methyl sites for hydroxylation is 1. The molecule has 0 saturated heterocycles. The van der Waals surface area contributed by atoms with Crippen molar-refractivity contribution in [3.63, 3.8) is 0 Å². The molecule has 1 aromatic heterocycles. The third kappa shape index (κ3) is 2.71. The Balaban J connectivity index is 1.80. The molecule has 0 amide bonds. The van der Waals surface area contributed by atoms with E-state index in [1.807, 2.05) is 31.2 Å². The molecule has 5 nitrogen and oxygen atoms in total.